The van der Waals surface area contributed by atoms with Crippen LogP contribution in [-0.2, 0) is 0 Å². The minimum atomic E-state index is 0.557. The van der Waals surface area contributed by atoms with Crippen molar-refractivity contribution in [2.24, 2.45) is 0 Å². The molecule has 1 fully saturated rings. The first kappa shape index (κ1) is 16.6. The number of nitrogens with zero attached hydrogens (tertiary/aromatic N) is 3. The van der Waals surface area contributed by atoms with Crippen molar-refractivity contribution in [1.82, 2.24) is 9.97 Å². The minimum absolute atomic E-state index is 0.557. The summed E-state index contributed by atoms with van der Waals surface area (Å²) in [6.45, 7) is 6.38. The third kappa shape index (κ3) is 4.16. The normalized spacial score (nSPS) is 14.6. The molecule has 0 radical (unpaired) electrons. The Bertz CT molecular complexity index is 630. The number of nitrogens with one attached hydrogen (secondary N) is 2. The Morgan fingerprint density at radius 3 is 2.42 bits per heavy atom. The molecule has 2 N–H and O–H groups in total. The maximum absolute atomic E-state index is 4.58. The number of hydrogen-bond donors (Lipinski definition) is 2. The van der Waals surface area contributed by atoms with Crippen LogP contribution in [0.25, 0.3) is 0 Å². The van der Waals surface area contributed by atoms with Crippen molar-refractivity contribution in [1.29, 1.82) is 0 Å². The highest BCUT2D eigenvalue weighted by Crippen LogP contribution is 2.23. The number of aromatic nitrogens is 2. The van der Waals surface area contributed by atoms with E-state index in [0.717, 1.165) is 24.6 Å². The molecule has 1 heterocycles. The van der Waals surface area contributed by atoms with Gasteiger partial charge in [-0.2, -0.15) is 4.98 Å². The van der Waals surface area contributed by atoms with Crippen molar-refractivity contribution in [2.75, 3.05) is 28.6 Å². The van der Waals surface area contributed by atoms with Gasteiger partial charge in [0.05, 0.1) is 0 Å². The molecule has 1 saturated carbocycles. The first-order valence-corrected chi connectivity index (χ1v) is 9.00. The summed E-state index contributed by atoms with van der Waals surface area (Å²) in [6.07, 6.45) is 6.90. The molecule has 1 aromatic heterocycles. The van der Waals surface area contributed by atoms with Gasteiger partial charge in [0.2, 0.25) is 5.95 Å². The van der Waals surface area contributed by atoms with Gasteiger partial charge in [-0.3, -0.25) is 0 Å². The van der Waals surface area contributed by atoms with Gasteiger partial charge in [0.25, 0.3) is 0 Å². The topological polar surface area (TPSA) is 53.1 Å². The summed E-state index contributed by atoms with van der Waals surface area (Å²) in [5.74, 6) is 1.53. The lowest BCUT2D eigenvalue weighted by Crippen LogP contribution is -2.21. The van der Waals surface area contributed by atoms with Crippen LogP contribution >= 0.6 is 0 Å². The van der Waals surface area contributed by atoms with Crippen molar-refractivity contribution < 1.29 is 0 Å². The standard InChI is InChI=1S/C19H27N5/c1-3-24(4-2)17-11-9-16(10-12-17)22-19-20-14-13-18(23-19)21-15-7-5-6-8-15/h9-15H,3-8H2,1-2H3,(H2,20,21,22,23). The van der Waals surface area contributed by atoms with Gasteiger partial charge in [0.1, 0.15) is 5.82 Å². The number of benzene rings is 1. The van der Waals surface area contributed by atoms with E-state index in [4.69, 9.17) is 0 Å². The Balaban J connectivity index is 1.64. The zero-order chi connectivity index (χ0) is 16.8. The molecule has 3 rings (SSSR count). The van der Waals surface area contributed by atoms with E-state index in [-0.39, 0.29) is 0 Å². The van der Waals surface area contributed by atoms with E-state index in [2.05, 4.69) is 63.6 Å². The van der Waals surface area contributed by atoms with E-state index in [0.29, 0.717) is 12.0 Å². The molecule has 24 heavy (non-hydrogen) atoms. The zero-order valence-corrected chi connectivity index (χ0v) is 14.6. The van der Waals surface area contributed by atoms with Crippen LogP contribution < -0.4 is 15.5 Å². The molecule has 128 valence electrons. The van der Waals surface area contributed by atoms with E-state index < -0.39 is 0 Å². The molecular formula is C19H27N5. The van der Waals surface area contributed by atoms with Gasteiger partial charge >= 0.3 is 0 Å². The van der Waals surface area contributed by atoms with Crippen molar-refractivity contribution >= 4 is 23.1 Å². The Morgan fingerprint density at radius 1 is 1.04 bits per heavy atom. The first-order chi connectivity index (χ1) is 11.8. The fourth-order valence-corrected chi connectivity index (χ4v) is 3.25. The van der Waals surface area contributed by atoms with E-state index in [1.807, 2.05) is 6.07 Å². The van der Waals surface area contributed by atoms with Crippen molar-refractivity contribution in [2.45, 2.75) is 45.6 Å². The van der Waals surface area contributed by atoms with E-state index in [9.17, 15) is 0 Å². The summed E-state index contributed by atoms with van der Waals surface area (Å²) in [4.78, 5) is 11.2. The van der Waals surface area contributed by atoms with Gasteiger partial charge in [-0.1, -0.05) is 12.8 Å². The van der Waals surface area contributed by atoms with Crippen LogP contribution in [0.2, 0.25) is 0 Å². The smallest absolute Gasteiger partial charge is 0.229 e. The van der Waals surface area contributed by atoms with E-state index in [1.54, 1.807) is 6.20 Å². The van der Waals surface area contributed by atoms with Gasteiger partial charge in [-0.15, -0.1) is 0 Å². The highest BCUT2D eigenvalue weighted by atomic mass is 15.1. The SMILES string of the molecule is CCN(CC)c1ccc(Nc2nccc(NC3CCCC3)n2)cc1. The minimum Gasteiger partial charge on any atom is -0.372 e. The van der Waals surface area contributed by atoms with Crippen LogP contribution in [0.5, 0.6) is 0 Å². The average molecular weight is 325 g/mol. The van der Waals surface area contributed by atoms with Gasteiger partial charge in [-0.05, 0) is 57.0 Å². The summed E-state index contributed by atoms with van der Waals surface area (Å²) < 4.78 is 0. The number of rotatable bonds is 7. The molecule has 2 aromatic rings. The molecule has 0 unspecified atom stereocenters. The molecule has 0 amide bonds. The number of hydrogen-bond acceptors (Lipinski definition) is 5. The van der Waals surface area contributed by atoms with Crippen LogP contribution in [-0.4, -0.2) is 29.1 Å². The summed E-state index contributed by atoms with van der Waals surface area (Å²) in [5.41, 5.74) is 2.24. The van der Waals surface area contributed by atoms with Gasteiger partial charge < -0.3 is 15.5 Å². The lowest BCUT2D eigenvalue weighted by Gasteiger charge is -2.21. The third-order valence-electron chi connectivity index (χ3n) is 4.61. The van der Waals surface area contributed by atoms with E-state index in [1.165, 1.54) is 31.4 Å². The van der Waals surface area contributed by atoms with Gasteiger partial charge in [0.15, 0.2) is 0 Å². The van der Waals surface area contributed by atoms with Crippen LogP contribution in [0.3, 0.4) is 0 Å². The molecule has 5 nitrogen and oxygen atoms in total. The molecule has 0 spiro atoms. The maximum Gasteiger partial charge on any atom is 0.229 e. The Hall–Kier alpha value is -2.30. The quantitative estimate of drug-likeness (QED) is 0.789. The molecule has 0 bridgehead atoms. The van der Waals surface area contributed by atoms with Crippen molar-refractivity contribution in [3.63, 3.8) is 0 Å². The zero-order valence-electron chi connectivity index (χ0n) is 14.6. The molecule has 5 heteroatoms. The summed E-state index contributed by atoms with van der Waals surface area (Å²) in [6, 6.07) is 10.9. The van der Waals surface area contributed by atoms with Crippen molar-refractivity contribution in [3.05, 3.63) is 36.5 Å². The maximum atomic E-state index is 4.58. The summed E-state index contributed by atoms with van der Waals surface area (Å²) in [5, 5.41) is 6.80. The lowest BCUT2D eigenvalue weighted by atomic mass is 10.2. The predicted octanol–water partition coefficient (Wildman–Crippen LogP) is 4.42. The predicted molar refractivity (Wildman–Crippen MR) is 101 cm³/mol. The van der Waals surface area contributed by atoms with Crippen LogP contribution in [0.15, 0.2) is 36.5 Å². The van der Waals surface area contributed by atoms with E-state index >= 15 is 0 Å². The van der Waals surface area contributed by atoms with Gasteiger partial charge in [-0.25, -0.2) is 4.98 Å². The largest absolute Gasteiger partial charge is 0.372 e. The molecule has 1 aliphatic carbocycles. The molecule has 1 aromatic carbocycles. The highest BCUT2D eigenvalue weighted by Gasteiger charge is 2.15. The van der Waals surface area contributed by atoms with Gasteiger partial charge in [0, 0.05) is 36.7 Å². The fourth-order valence-electron chi connectivity index (χ4n) is 3.25. The molecule has 0 atom stereocenters. The first-order valence-electron chi connectivity index (χ1n) is 9.00. The van der Waals surface area contributed by atoms with Crippen LogP contribution in [0, 0.1) is 0 Å². The second-order valence-corrected chi connectivity index (χ2v) is 6.24. The van der Waals surface area contributed by atoms with Crippen LogP contribution in [0.4, 0.5) is 23.1 Å². The average Bonchev–Trinajstić information content (AvgIpc) is 3.11. The number of anilines is 4. The summed E-state index contributed by atoms with van der Waals surface area (Å²) in [7, 11) is 0. The second kappa shape index (κ2) is 7.99. The Kier molecular flexibility index (Phi) is 5.51. The monoisotopic (exact) mass is 325 g/mol. The molecule has 1 aliphatic rings. The second-order valence-electron chi connectivity index (χ2n) is 6.24. The Morgan fingerprint density at radius 2 is 1.75 bits per heavy atom. The molecule has 0 aliphatic heterocycles. The highest BCUT2D eigenvalue weighted by molar-refractivity contribution is 5.60. The van der Waals surface area contributed by atoms with Crippen LogP contribution in [0.1, 0.15) is 39.5 Å². The lowest BCUT2D eigenvalue weighted by molar-refractivity contribution is 0.750. The Labute approximate surface area is 144 Å². The summed E-state index contributed by atoms with van der Waals surface area (Å²) >= 11 is 0. The molecular weight excluding hydrogens is 298 g/mol. The van der Waals surface area contributed by atoms with Crippen molar-refractivity contribution in [3.8, 4) is 0 Å². The molecule has 0 saturated heterocycles. The fraction of sp³-hybridized carbons (Fsp3) is 0.474. The third-order valence-corrected chi connectivity index (χ3v) is 4.61.